The summed E-state index contributed by atoms with van der Waals surface area (Å²) in [6.45, 7) is 4.44. The van der Waals surface area contributed by atoms with Crippen molar-refractivity contribution in [2.45, 2.75) is 32.5 Å². The monoisotopic (exact) mass is 272 g/mol. The van der Waals surface area contributed by atoms with E-state index in [1.54, 1.807) is 16.8 Å². The molecule has 2 rings (SSSR count). The van der Waals surface area contributed by atoms with E-state index in [0.717, 1.165) is 11.3 Å². The molecule has 0 amide bonds. The van der Waals surface area contributed by atoms with Crippen molar-refractivity contribution in [3.63, 3.8) is 0 Å². The number of benzene rings is 1. The van der Waals surface area contributed by atoms with Crippen LogP contribution in [0.5, 0.6) is 5.75 Å². The van der Waals surface area contributed by atoms with Crippen molar-refractivity contribution in [1.82, 2.24) is 4.57 Å². The molecule has 1 atom stereocenters. The molecule has 106 valence electrons. The lowest BCUT2D eigenvalue weighted by molar-refractivity contribution is 0.242. The van der Waals surface area contributed by atoms with Gasteiger partial charge >= 0.3 is 0 Å². The van der Waals surface area contributed by atoms with E-state index in [-0.39, 0.29) is 17.7 Å². The van der Waals surface area contributed by atoms with E-state index < -0.39 is 0 Å². The van der Waals surface area contributed by atoms with Gasteiger partial charge in [0.2, 0.25) is 0 Å². The SMILES string of the molecule is CC(C)Oc1ccc(C(N)Cn2ccccc2=O)cc1. The minimum Gasteiger partial charge on any atom is -0.491 e. The third-order valence-corrected chi connectivity index (χ3v) is 2.97. The predicted octanol–water partition coefficient (Wildman–Crippen LogP) is 2.34. The summed E-state index contributed by atoms with van der Waals surface area (Å²) in [6, 6.07) is 12.6. The van der Waals surface area contributed by atoms with Crippen molar-refractivity contribution in [3.8, 4) is 5.75 Å². The van der Waals surface area contributed by atoms with Crippen molar-refractivity contribution >= 4 is 0 Å². The van der Waals surface area contributed by atoms with Crippen molar-refractivity contribution in [2.24, 2.45) is 5.73 Å². The highest BCUT2D eigenvalue weighted by Gasteiger charge is 2.08. The second-order valence-corrected chi connectivity index (χ2v) is 5.03. The van der Waals surface area contributed by atoms with Gasteiger partial charge in [-0.2, -0.15) is 0 Å². The number of rotatable bonds is 5. The fourth-order valence-corrected chi connectivity index (χ4v) is 1.99. The van der Waals surface area contributed by atoms with Crippen LogP contribution in [0.25, 0.3) is 0 Å². The molecular weight excluding hydrogens is 252 g/mol. The summed E-state index contributed by atoms with van der Waals surface area (Å²) in [4.78, 5) is 11.6. The molecule has 0 aliphatic carbocycles. The molecule has 0 aliphatic heterocycles. The molecule has 4 nitrogen and oxygen atoms in total. The maximum Gasteiger partial charge on any atom is 0.250 e. The molecule has 2 N–H and O–H groups in total. The summed E-state index contributed by atoms with van der Waals surface area (Å²) in [5.74, 6) is 0.827. The molecule has 1 unspecified atom stereocenters. The van der Waals surface area contributed by atoms with Crippen LogP contribution < -0.4 is 16.0 Å². The first-order valence-corrected chi connectivity index (χ1v) is 6.74. The van der Waals surface area contributed by atoms with Crippen LogP contribution in [-0.4, -0.2) is 10.7 Å². The Morgan fingerprint density at radius 1 is 1.15 bits per heavy atom. The Morgan fingerprint density at radius 2 is 1.85 bits per heavy atom. The highest BCUT2D eigenvalue weighted by Crippen LogP contribution is 2.18. The first-order valence-electron chi connectivity index (χ1n) is 6.74. The van der Waals surface area contributed by atoms with Crippen LogP contribution >= 0.6 is 0 Å². The average Bonchev–Trinajstić information content (AvgIpc) is 2.41. The minimum absolute atomic E-state index is 0.0392. The largest absolute Gasteiger partial charge is 0.491 e. The van der Waals surface area contributed by atoms with Gasteiger partial charge in [-0.3, -0.25) is 4.79 Å². The maximum atomic E-state index is 11.6. The number of hydrogen-bond acceptors (Lipinski definition) is 3. The normalized spacial score (nSPS) is 12.4. The number of nitrogens with zero attached hydrogens (tertiary/aromatic N) is 1. The zero-order valence-electron chi connectivity index (χ0n) is 11.8. The Hall–Kier alpha value is -2.07. The molecule has 1 aromatic heterocycles. The zero-order valence-corrected chi connectivity index (χ0v) is 11.8. The van der Waals surface area contributed by atoms with E-state index >= 15 is 0 Å². The van der Waals surface area contributed by atoms with Gasteiger partial charge in [-0.15, -0.1) is 0 Å². The summed E-state index contributed by atoms with van der Waals surface area (Å²) in [6.07, 6.45) is 1.90. The van der Waals surface area contributed by atoms with Crippen LogP contribution in [0.15, 0.2) is 53.5 Å². The Kier molecular flexibility index (Phi) is 4.58. The summed E-state index contributed by atoms with van der Waals surface area (Å²) >= 11 is 0. The van der Waals surface area contributed by atoms with Gasteiger partial charge in [-0.1, -0.05) is 18.2 Å². The van der Waals surface area contributed by atoms with Gasteiger partial charge in [0.15, 0.2) is 0 Å². The lowest BCUT2D eigenvalue weighted by atomic mass is 10.1. The first kappa shape index (κ1) is 14.3. The zero-order chi connectivity index (χ0) is 14.5. The van der Waals surface area contributed by atoms with Gasteiger partial charge in [0.1, 0.15) is 5.75 Å². The average molecular weight is 272 g/mol. The maximum absolute atomic E-state index is 11.6. The van der Waals surface area contributed by atoms with Crippen molar-refractivity contribution < 1.29 is 4.74 Å². The van der Waals surface area contributed by atoms with E-state index in [4.69, 9.17) is 10.5 Å². The quantitative estimate of drug-likeness (QED) is 0.909. The number of hydrogen-bond donors (Lipinski definition) is 1. The van der Waals surface area contributed by atoms with E-state index in [1.807, 2.05) is 44.2 Å². The molecule has 1 heterocycles. The number of aromatic nitrogens is 1. The van der Waals surface area contributed by atoms with Crippen LogP contribution in [0, 0.1) is 0 Å². The molecule has 1 aromatic carbocycles. The van der Waals surface area contributed by atoms with Crippen molar-refractivity contribution in [1.29, 1.82) is 0 Å². The molecule has 0 radical (unpaired) electrons. The topological polar surface area (TPSA) is 57.2 Å². The van der Waals surface area contributed by atoms with Crippen LogP contribution in [-0.2, 0) is 6.54 Å². The summed E-state index contributed by atoms with van der Waals surface area (Å²) in [5.41, 5.74) is 7.09. The lowest BCUT2D eigenvalue weighted by Crippen LogP contribution is -2.25. The molecule has 0 fully saturated rings. The molecule has 0 aliphatic rings. The molecule has 2 aromatic rings. The molecule has 20 heavy (non-hydrogen) atoms. The fourth-order valence-electron chi connectivity index (χ4n) is 1.99. The van der Waals surface area contributed by atoms with Gasteiger partial charge < -0.3 is 15.0 Å². The smallest absolute Gasteiger partial charge is 0.250 e. The Labute approximate surface area is 118 Å². The third-order valence-electron chi connectivity index (χ3n) is 2.97. The van der Waals surface area contributed by atoms with E-state index in [2.05, 4.69) is 0 Å². The number of pyridine rings is 1. The predicted molar refractivity (Wildman–Crippen MR) is 79.8 cm³/mol. The van der Waals surface area contributed by atoms with Crippen LogP contribution in [0.4, 0.5) is 0 Å². The highest BCUT2D eigenvalue weighted by atomic mass is 16.5. The molecular formula is C16H20N2O2. The lowest BCUT2D eigenvalue weighted by Gasteiger charge is -2.15. The minimum atomic E-state index is -0.219. The first-order chi connectivity index (χ1) is 9.56. The molecule has 0 saturated heterocycles. The molecule has 0 spiro atoms. The van der Waals surface area contributed by atoms with Crippen molar-refractivity contribution in [2.75, 3.05) is 0 Å². The second kappa shape index (κ2) is 6.39. The number of ether oxygens (including phenoxy) is 1. The van der Waals surface area contributed by atoms with Crippen LogP contribution in [0.3, 0.4) is 0 Å². The molecule has 0 bridgehead atoms. The molecule has 0 saturated carbocycles. The third kappa shape index (κ3) is 3.71. The Bertz CT molecular complexity index is 602. The number of nitrogens with two attached hydrogens (primary N) is 1. The van der Waals surface area contributed by atoms with Gasteiger partial charge in [0, 0.05) is 24.8 Å². The van der Waals surface area contributed by atoms with Gasteiger partial charge in [-0.25, -0.2) is 0 Å². The Balaban J connectivity index is 2.08. The van der Waals surface area contributed by atoms with Gasteiger partial charge in [0.25, 0.3) is 5.56 Å². The van der Waals surface area contributed by atoms with Crippen molar-refractivity contribution in [3.05, 3.63) is 64.6 Å². The van der Waals surface area contributed by atoms with Gasteiger partial charge in [-0.05, 0) is 37.6 Å². The Morgan fingerprint density at radius 3 is 2.45 bits per heavy atom. The summed E-state index contributed by atoms with van der Waals surface area (Å²) in [5, 5.41) is 0. The highest BCUT2D eigenvalue weighted by molar-refractivity contribution is 5.29. The second-order valence-electron chi connectivity index (χ2n) is 5.03. The van der Waals surface area contributed by atoms with Gasteiger partial charge in [0.05, 0.1) is 6.10 Å². The molecule has 4 heteroatoms. The standard InChI is InChI=1S/C16H20N2O2/c1-12(2)20-14-8-6-13(7-9-14)15(17)11-18-10-4-3-5-16(18)19/h3-10,12,15H,11,17H2,1-2H3. The van der Waals surface area contributed by atoms with Crippen LogP contribution in [0.1, 0.15) is 25.5 Å². The fraction of sp³-hybridized carbons (Fsp3) is 0.312. The van der Waals surface area contributed by atoms with Crippen LogP contribution in [0.2, 0.25) is 0 Å². The summed E-state index contributed by atoms with van der Waals surface area (Å²) in [7, 11) is 0. The van der Waals surface area contributed by atoms with E-state index in [9.17, 15) is 4.79 Å². The summed E-state index contributed by atoms with van der Waals surface area (Å²) < 4.78 is 7.20. The van der Waals surface area contributed by atoms with E-state index in [0.29, 0.717) is 6.54 Å². The van der Waals surface area contributed by atoms with E-state index in [1.165, 1.54) is 6.07 Å².